The minimum absolute atomic E-state index is 0.00652. The Labute approximate surface area is 150 Å². The summed E-state index contributed by atoms with van der Waals surface area (Å²) in [5, 5.41) is 0. The lowest BCUT2D eigenvalue weighted by molar-refractivity contribution is -0.137. The summed E-state index contributed by atoms with van der Waals surface area (Å²) in [6.07, 6.45) is 4.75. The van der Waals surface area contributed by atoms with Crippen molar-refractivity contribution < 1.29 is 19.2 Å². The first-order valence-corrected chi connectivity index (χ1v) is 9.25. The Bertz CT molecular complexity index is 496. The van der Waals surface area contributed by atoms with E-state index in [9.17, 15) is 19.2 Å². The molecule has 6 heteroatoms. The average Bonchev–Trinajstić information content (AvgIpc) is 2.54. The van der Waals surface area contributed by atoms with E-state index < -0.39 is 0 Å². The van der Waals surface area contributed by atoms with Gasteiger partial charge in [-0.2, -0.15) is 0 Å². The van der Waals surface area contributed by atoms with E-state index in [0.29, 0.717) is 18.9 Å². The third-order valence-electron chi connectivity index (χ3n) is 5.01. The van der Waals surface area contributed by atoms with Crippen molar-refractivity contribution in [2.45, 2.75) is 71.3 Å². The van der Waals surface area contributed by atoms with Crippen LogP contribution in [0.15, 0.2) is 0 Å². The van der Waals surface area contributed by atoms with Crippen molar-refractivity contribution in [3.63, 3.8) is 0 Å². The summed E-state index contributed by atoms with van der Waals surface area (Å²) < 4.78 is 0. The lowest BCUT2D eigenvalue weighted by atomic mass is 9.82. The zero-order valence-corrected chi connectivity index (χ0v) is 16.0. The van der Waals surface area contributed by atoms with Gasteiger partial charge in [-0.3, -0.25) is 19.2 Å². The van der Waals surface area contributed by atoms with Gasteiger partial charge in [-0.1, -0.05) is 6.92 Å². The first-order chi connectivity index (χ1) is 11.7. The van der Waals surface area contributed by atoms with Crippen molar-refractivity contribution in [2.24, 2.45) is 5.92 Å². The highest BCUT2D eigenvalue weighted by Gasteiger charge is 2.28. The molecule has 0 N–H and O–H groups in total. The molecule has 1 aliphatic rings. The van der Waals surface area contributed by atoms with Gasteiger partial charge in [-0.05, 0) is 44.9 Å². The Morgan fingerprint density at radius 1 is 0.920 bits per heavy atom. The van der Waals surface area contributed by atoms with Crippen LogP contribution in [-0.4, -0.2) is 59.9 Å². The number of hydrogen-bond acceptors (Lipinski definition) is 4. The second-order valence-electron chi connectivity index (χ2n) is 7.29. The zero-order chi connectivity index (χ0) is 19.0. The number of Topliss-reactive ketones (excluding diaryl/α,β-unsaturated/α-hetero) is 2. The van der Waals surface area contributed by atoms with Crippen LogP contribution in [0.3, 0.4) is 0 Å². The van der Waals surface area contributed by atoms with Crippen LogP contribution in [0.25, 0.3) is 0 Å². The molecule has 0 heterocycles. The topological polar surface area (TPSA) is 74.8 Å². The Kier molecular flexibility index (Phi) is 8.79. The summed E-state index contributed by atoms with van der Waals surface area (Å²) in [4.78, 5) is 50.4. The predicted octanol–water partition coefficient (Wildman–Crippen LogP) is 2.20. The fraction of sp³-hybridized carbons (Fsp3) is 0.789. The van der Waals surface area contributed by atoms with E-state index in [1.54, 1.807) is 23.9 Å². The van der Waals surface area contributed by atoms with Crippen LogP contribution in [0.4, 0.5) is 0 Å². The summed E-state index contributed by atoms with van der Waals surface area (Å²) in [7, 11) is 3.49. The molecule has 0 aliphatic heterocycles. The van der Waals surface area contributed by atoms with Crippen molar-refractivity contribution in [2.75, 3.05) is 20.6 Å². The largest absolute Gasteiger partial charge is 0.345 e. The van der Waals surface area contributed by atoms with Gasteiger partial charge in [0.15, 0.2) is 0 Å². The van der Waals surface area contributed by atoms with Gasteiger partial charge >= 0.3 is 0 Å². The van der Waals surface area contributed by atoms with Gasteiger partial charge in [0.2, 0.25) is 11.8 Å². The molecular weight excluding hydrogens is 320 g/mol. The molecule has 0 aromatic heterocycles. The van der Waals surface area contributed by atoms with E-state index >= 15 is 0 Å². The van der Waals surface area contributed by atoms with Crippen LogP contribution < -0.4 is 0 Å². The van der Waals surface area contributed by atoms with Crippen LogP contribution in [0.5, 0.6) is 0 Å². The van der Waals surface area contributed by atoms with Crippen LogP contribution in [0, 0.1) is 5.92 Å². The normalized spacial score (nSPS) is 20.0. The minimum Gasteiger partial charge on any atom is -0.345 e. The lowest BCUT2D eigenvalue weighted by Gasteiger charge is -2.34. The zero-order valence-electron chi connectivity index (χ0n) is 16.0. The fourth-order valence-electron chi connectivity index (χ4n) is 3.44. The van der Waals surface area contributed by atoms with Crippen LogP contribution in [0.2, 0.25) is 0 Å². The highest BCUT2D eigenvalue weighted by atomic mass is 16.2. The number of nitrogens with zero attached hydrogens (tertiary/aromatic N) is 2. The molecule has 6 nitrogen and oxygen atoms in total. The van der Waals surface area contributed by atoms with Gasteiger partial charge in [-0.15, -0.1) is 0 Å². The maximum atomic E-state index is 12.1. The molecule has 142 valence electrons. The Morgan fingerprint density at radius 3 is 2.04 bits per heavy atom. The SMILES string of the molecule is CCCN(C)C(=O)CC(=O)CC1CCC(N(C)C(=O)CC(C)=O)CC1. The first kappa shape index (κ1) is 21.3. The molecule has 0 aromatic carbocycles. The third kappa shape index (κ3) is 7.36. The molecule has 0 aromatic rings. The smallest absolute Gasteiger partial charge is 0.229 e. The van der Waals surface area contributed by atoms with Gasteiger partial charge < -0.3 is 9.80 Å². The number of rotatable bonds is 9. The molecule has 0 radical (unpaired) electrons. The van der Waals surface area contributed by atoms with Gasteiger partial charge in [0.25, 0.3) is 0 Å². The highest BCUT2D eigenvalue weighted by Crippen LogP contribution is 2.30. The number of carbonyl (C=O) groups is 4. The van der Waals surface area contributed by atoms with Gasteiger partial charge in [0, 0.05) is 33.1 Å². The molecular formula is C19H32N2O4. The summed E-state index contributed by atoms with van der Waals surface area (Å²) in [6.45, 7) is 4.10. The maximum Gasteiger partial charge on any atom is 0.229 e. The quantitative estimate of drug-likeness (QED) is 0.596. The Hall–Kier alpha value is -1.72. The summed E-state index contributed by atoms with van der Waals surface area (Å²) in [5.41, 5.74) is 0. The lowest BCUT2D eigenvalue weighted by Crippen LogP contribution is -2.40. The third-order valence-corrected chi connectivity index (χ3v) is 5.01. The van der Waals surface area contributed by atoms with Crippen molar-refractivity contribution in [3.8, 4) is 0 Å². The summed E-state index contributed by atoms with van der Waals surface area (Å²) >= 11 is 0. The number of carbonyl (C=O) groups excluding carboxylic acids is 4. The molecule has 0 spiro atoms. The average molecular weight is 352 g/mol. The fourth-order valence-corrected chi connectivity index (χ4v) is 3.44. The maximum absolute atomic E-state index is 12.1. The van der Waals surface area contributed by atoms with E-state index in [1.807, 2.05) is 6.92 Å². The van der Waals surface area contributed by atoms with Crippen LogP contribution in [0.1, 0.15) is 65.2 Å². The molecule has 1 rings (SSSR count). The van der Waals surface area contributed by atoms with Gasteiger partial charge in [0.05, 0.1) is 12.8 Å². The van der Waals surface area contributed by atoms with Gasteiger partial charge in [-0.25, -0.2) is 0 Å². The number of hydrogen-bond donors (Lipinski definition) is 0. The van der Waals surface area contributed by atoms with Crippen molar-refractivity contribution in [3.05, 3.63) is 0 Å². The molecule has 1 saturated carbocycles. The molecule has 0 saturated heterocycles. The second-order valence-corrected chi connectivity index (χ2v) is 7.29. The minimum atomic E-state index is -0.128. The second kappa shape index (κ2) is 10.3. The number of ketones is 2. The Morgan fingerprint density at radius 2 is 1.52 bits per heavy atom. The number of amides is 2. The van der Waals surface area contributed by atoms with Crippen LogP contribution in [-0.2, 0) is 19.2 Å². The molecule has 0 bridgehead atoms. The highest BCUT2D eigenvalue weighted by molar-refractivity contribution is 5.98. The molecule has 1 aliphatic carbocycles. The standard InChI is InChI=1S/C19H32N2O4/c1-5-10-20(3)18(24)13-17(23)12-15-6-8-16(9-7-15)21(4)19(25)11-14(2)22/h15-16H,5-13H2,1-4H3. The molecule has 1 fully saturated rings. The predicted molar refractivity (Wildman–Crippen MR) is 96.0 cm³/mol. The molecule has 2 amide bonds. The van der Waals surface area contributed by atoms with Crippen molar-refractivity contribution in [1.29, 1.82) is 0 Å². The van der Waals surface area contributed by atoms with E-state index in [1.165, 1.54) is 6.92 Å². The van der Waals surface area contributed by atoms with E-state index in [0.717, 1.165) is 32.1 Å². The van der Waals surface area contributed by atoms with E-state index in [-0.39, 0.29) is 42.3 Å². The van der Waals surface area contributed by atoms with Crippen molar-refractivity contribution in [1.82, 2.24) is 9.80 Å². The first-order valence-electron chi connectivity index (χ1n) is 9.25. The molecule has 0 atom stereocenters. The molecule has 25 heavy (non-hydrogen) atoms. The van der Waals surface area contributed by atoms with E-state index in [2.05, 4.69) is 0 Å². The summed E-state index contributed by atoms with van der Waals surface area (Å²) in [6, 6.07) is 0.149. The molecule has 0 unspecified atom stereocenters. The monoisotopic (exact) mass is 352 g/mol. The van der Waals surface area contributed by atoms with E-state index in [4.69, 9.17) is 0 Å². The Balaban J connectivity index is 2.36. The van der Waals surface area contributed by atoms with Gasteiger partial charge in [0.1, 0.15) is 11.6 Å². The van der Waals surface area contributed by atoms with Crippen LogP contribution >= 0.6 is 0 Å². The summed E-state index contributed by atoms with van der Waals surface area (Å²) in [5.74, 6) is -0.0396. The van der Waals surface area contributed by atoms with Crippen molar-refractivity contribution >= 4 is 23.4 Å².